The van der Waals surface area contributed by atoms with Gasteiger partial charge in [0.2, 0.25) is 0 Å². The van der Waals surface area contributed by atoms with Crippen LogP contribution in [0.1, 0.15) is 48.5 Å². The second-order valence-electron chi connectivity index (χ2n) is 4.94. The molecule has 1 unspecified atom stereocenters. The van der Waals surface area contributed by atoms with Crippen molar-refractivity contribution < 1.29 is 14.3 Å². The summed E-state index contributed by atoms with van der Waals surface area (Å²) in [6.45, 7) is 1.57. The molecular weight excluding hydrogens is 219 g/mol. The molecule has 0 aromatic heterocycles. The van der Waals surface area contributed by atoms with Gasteiger partial charge >= 0.3 is 5.97 Å². The van der Waals surface area contributed by atoms with E-state index in [0.29, 0.717) is 5.56 Å². The Bertz CT molecular complexity index is 420. The predicted molar refractivity (Wildman–Crippen MR) is 63.8 cm³/mol. The SMILES string of the molecule is CC(F)(c1cccc(C(=O)O)c1)C1CCCC1. The van der Waals surface area contributed by atoms with E-state index >= 15 is 0 Å². The maximum absolute atomic E-state index is 14.8. The summed E-state index contributed by atoms with van der Waals surface area (Å²) in [5.74, 6) is -0.986. The maximum atomic E-state index is 14.8. The fourth-order valence-corrected chi connectivity index (χ4v) is 2.66. The highest BCUT2D eigenvalue weighted by Gasteiger charge is 2.37. The van der Waals surface area contributed by atoms with Crippen LogP contribution in [0.5, 0.6) is 0 Å². The molecule has 92 valence electrons. The molecule has 2 rings (SSSR count). The van der Waals surface area contributed by atoms with Gasteiger partial charge in [0.25, 0.3) is 0 Å². The van der Waals surface area contributed by atoms with Gasteiger partial charge < -0.3 is 5.11 Å². The number of aromatic carboxylic acids is 1. The number of carboxylic acids is 1. The molecule has 1 atom stereocenters. The van der Waals surface area contributed by atoms with Crippen LogP contribution >= 0.6 is 0 Å². The third-order valence-electron chi connectivity index (χ3n) is 3.80. The van der Waals surface area contributed by atoms with Crippen LogP contribution in [-0.2, 0) is 5.67 Å². The summed E-state index contributed by atoms with van der Waals surface area (Å²) in [6.07, 6.45) is 3.93. The van der Waals surface area contributed by atoms with Gasteiger partial charge in [-0.3, -0.25) is 0 Å². The molecule has 0 spiro atoms. The van der Waals surface area contributed by atoms with Gasteiger partial charge in [-0.2, -0.15) is 0 Å². The average molecular weight is 236 g/mol. The van der Waals surface area contributed by atoms with Crippen molar-refractivity contribution in [3.63, 3.8) is 0 Å². The Labute approximate surface area is 100 Å². The van der Waals surface area contributed by atoms with Crippen molar-refractivity contribution in [3.05, 3.63) is 35.4 Å². The zero-order valence-electron chi connectivity index (χ0n) is 9.95. The van der Waals surface area contributed by atoms with Crippen LogP contribution in [0, 0.1) is 5.92 Å². The van der Waals surface area contributed by atoms with Crippen molar-refractivity contribution in [2.45, 2.75) is 38.3 Å². The lowest BCUT2D eigenvalue weighted by Crippen LogP contribution is -2.25. The molecule has 1 aliphatic rings. The minimum Gasteiger partial charge on any atom is -0.478 e. The molecule has 1 aromatic rings. The summed E-state index contributed by atoms with van der Waals surface area (Å²) in [6, 6.07) is 6.26. The van der Waals surface area contributed by atoms with Gasteiger partial charge in [0.1, 0.15) is 5.67 Å². The van der Waals surface area contributed by atoms with E-state index in [9.17, 15) is 9.18 Å². The molecule has 0 amide bonds. The van der Waals surface area contributed by atoms with Crippen molar-refractivity contribution in [1.29, 1.82) is 0 Å². The van der Waals surface area contributed by atoms with Gasteiger partial charge in [-0.05, 0) is 43.4 Å². The second kappa shape index (κ2) is 4.47. The van der Waals surface area contributed by atoms with E-state index in [-0.39, 0.29) is 11.5 Å². The third kappa shape index (κ3) is 2.33. The largest absolute Gasteiger partial charge is 0.478 e. The molecule has 0 heterocycles. The highest BCUT2D eigenvalue weighted by atomic mass is 19.1. The molecule has 0 radical (unpaired) electrons. The molecule has 3 heteroatoms. The van der Waals surface area contributed by atoms with E-state index in [0.717, 1.165) is 25.7 Å². The molecule has 0 saturated heterocycles. The molecular formula is C14H17FO2. The second-order valence-corrected chi connectivity index (χ2v) is 4.94. The number of halogens is 1. The van der Waals surface area contributed by atoms with Gasteiger partial charge in [0.15, 0.2) is 0 Å². The van der Waals surface area contributed by atoms with E-state index in [1.165, 1.54) is 12.1 Å². The van der Waals surface area contributed by atoms with Gasteiger partial charge in [-0.15, -0.1) is 0 Å². The van der Waals surface area contributed by atoms with Gasteiger partial charge in [-0.1, -0.05) is 25.0 Å². The van der Waals surface area contributed by atoms with Crippen LogP contribution < -0.4 is 0 Å². The number of hydrogen-bond donors (Lipinski definition) is 1. The average Bonchev–Trinajstić information content (AvgIpc) is 2.83. The molecule has 17 heavy (non-hydrogen) atoms. The van der Waals surface area contributed by atoms with Crippen molar-refractivity contribution in [3.8, 4) is 0 Å². The zero-order valence-corrected chi connectivity index (χ0v) is 9.95. The van der Waals surface area contributed by atoms with Gasteiger partial charge in [0, 0.05) is 0 Å². The number of carbonyl (C=O) groups is 1. The molecule has 0 bridgehead atoms. The number of rotatable bonds is 3. The Hall–Kier alpha value is -1.38. The van der Waals surface area contributed by atoms with Crippen LogP contribution in [-0.4, -0.2) is 11.1 Å². The summed E-state index contributed by atoms with van der Waals surface area (Å²) >= 11 is 0. The fraction of sp³-hybridized carbons (Fsp3) is 0.500. The number of hydrogen-bond acceptors (Lipinski definition) is 1. The lowest BCUT2D eigenvalue weighted by Gasteiger charge is -2.28. The first-order valence-corrected chi connectivity index (χ1v) is 6.04. The summed E-state index contributed by atoms with van der Waals surface area (Å²) < 4.78 is 14.8. The lowest BCUT2D eigenvalue weighted by atomic mass is 9.83. The molecule has 2 nitrogen and oxygen atoms in total. The monoisotopic (exact) mass is 236 g/mol. The highest BCUT2D eigenvalue weighted by Crippen LogP contribution is 2.43. The summed E-state index contributed by atoms with van der Waals surface area (Å²) in [5.41, 5.74) is -0.768. The molecule has 0 aliphatic heterocycles. The molecule has 1 saturated carbocycles. The van der Waals surface area contributed by atoms with Crippen molar-refractivity contribution in [2.75, 3.05) is 0 Å². The normalized spacial score (nSPS) is 20.1. The van der Waals surface area contributed by atoms with E-state index < -0.39 is 11.6 Å². The Morgan fingerprint density at radius 1 is 1.41 bits per heavy atom. The van der Waals surface area contributed by atoms with Crippen molar-refractivity contribution in [2.24, 2.45) is 5.92 Å². The Morgan fingerprint density at radius 2 is 2.06 bits per heavy atom. The quantitative estimate of drug-likeness (QED) is 0.867. The van der Waals surface area contributed by atoms with Crippen LogP contribution in [0.25, 0.3) is 0 Å². The van der Waals surface area contributed by atoms with Crippen molar-refractivity contribution >= 4 is 5.97 Å². The van der Waals surface area contributed by atoms with Crippen LogP contribution in [0.15, 0.2) is 24.3 Å². The fourth-order valence-electron chi connectivity index (χ4n) is 2.66. The summed E-state index contributed by atoms with van der Waals surface area (Å²) in [7, 11) is 0. The molecule has 1 fully saturated rings. The first-order chi connectivity index (χ1) is 8.01. The smallest absolute Gasteiger partial charge is 0.335 e. The van der Waals surface area contributed by atoms with Crippen LogP contribution in [0.2, 0.25) is 0 Å². The zero-order chi connectivity index (χ0) is 12.5. The number of benzene rings is 1. The molecule has 1 aliphatic carbocycles. The first-order valence-electron chi connectivity index (χ1n) is 6.04. The topological polar surface area (TPSA) is 37.3 Å². The predicted octanol–water partition coefficient (Wildman–Crippen LogP) is 3.76. The highest BCUT2D eigenvalue weighted by molar-refractivity contribution is 5.87. The lowest BCUT2D eigenvalue weighted by molar-refractivity contribution is 0.0695. The Balaban J connectivity index is 2.31. The third-order valence-corrected chi connectivity index (χ3v) is 3.80. The van der Waals surface area contributed by atoms with Crippen LogP contribution in [0.3, 0.4) is 0 Å². The molecule has 1 aromatic carbocycles. The Kier molecular flexibility index (Phi) is 3.18. The van der Waals surface area contributed by atoms with Crippen LogP contribution in [0.4, 0.5) is 4.39 Å². The van der Waals surface area contributed by atoms with Crippen molar-refractivity contribution in [1.82, 2.24) is 0 Å². The van der Waals surface area contributed by atoms with E-state index in [1.807, 2.05) is 0 Å². The van der Waals surface area contributed by atoms with E-state index in [1.54, 1.807) is 19.1 Å². The maximum Gasteiger partial charge on any atom is 0.335 e. The first kappa shape index (κ1) is 12.1. The summed E-state index contributed by atoms with van der Waals surface area (Å²) in [4.78, 5) is 10.9. The summed E-state index contributed by atoms with van der Waals surface area (Å²) in [5, 5.41) is 8.92. The standard InChI is InChI=1S/C14H17FO2/c1-14(15,11-6-2-3-7-11)12-8-4-5-10(9-12)13(16)17/h4-5,8-9,11H,2-3,6-7H2,1H3,(H,16,17). The van der Waals surface area contributed by atoms with Gasteiger partial charge in [0.05, 0.1) is 5.56 Å². The van der Waals surface area contributed by atoms with E-state index in [2.05, 4.69) is 0 Å². The number of alkyl halides is 1. The minimum atomic E-state index is -1.41. The Morgan fingerprint density at radius 3 is 2.65 bits per heavy atom. The minimum absolute atomic E-state index is 0.0199. The van der Waals surface area contributed by atoms with Gasteiger partial charge in [-0.25, -0.2) is 9.18 Å². The number of carboxylic acid groups (broad SMARTS) is 1. The van der Waals surface area contributed by atoms with E-state index in [4.69, 9.17) is 5.11 Å². The molecule has 1 N–H and O–H groups in total.